The summed E-state index contributed by atoms with van der Waals surface area (Å²) in [6.07, 6.45) is 0.928. The van der Waals surface area contributed by atoms with Gasteiger partial charge in [-0.2, -0.15) is 0 Å². The van der Waals surface area contributed by atoms with E-state index >= 15 is 0 Å². The number of hydrogen-bond acceptors (Lipinski definition) is 3. The highest BCUT2D eigenvalue weighted by Crippen LogP contribution is 2.16. The number of rotatable bonds is 4. The molecule has 0 aliphatic carbocycles. The third kappa shape index (κ3) is 4.22. The number of carboxylic acids is 1. The summed E-state index contributed by atoms with van der Waals surface area (Å²) in [4.78, 5) is 40.1. The van der Waals surface area contributed by atoms with Crippen molar-refractivity contribution in [3.05, 3.63) is 70.3 Å². The van der Waals surface area contributed by atoms with Crippen molar-refractivity contribution in [3.63, 3.8) is 0 Å². The second-order valence-electron chi connectivity index (χ2n) is 7.03. The van der Waals surface area contributed by atoms with Gasteiger partial charge in [0.05, 0.1) is 5.56 Å². The smallest absolute Gasteiger partial charge is 0.335 e. The van der Waals surface area contributed by atoms with Gasteiger partial charge in [-0.05, 0) is 54.8 Å². The summed E-state index contributed by atoms with van der Waals surface area (Å²) in [5, 5.41) is 9.19. The van der Waals surface area contributed by atoms with E-state index < -0.39 is 5.97 Å². The molecule has 1 fully saturated rings. The minimum absolute atomic E-state index is 0.0292. The van der Waals surface area contributed by atoms with Crippen molar-refractivity contribution in [1.29, 1.82) is 0 Å². The van der Waals surface area contributed by atoms with Crippen LogP contribution in [0.4, 0.5) is 0 Å². The van der Waals surface area contributed by atoms with E-state index in [2.05, 4.69) is 6.92 Å². The van der Waals surface area contributed by atoms with Crippen molar-refractivity contribution in [2.24, 2.45) is 0 Å². The fourth-order valence-corrected chi connectivity index (χ4v) is 3.39. The Morgan fingerprint density at radius 3 is 1.82 bits per heavy atom. The first-order chi connectivity index (χ1) is 13.4. The molecule has 0 bridgehead atoms. The summed E-state index contributed by atoms with van der Waals surface area (Å²) < 4.78 is 0. The van der Waals surface area contributed by atoms with Gasteiger partial charge in [-0.15, -0.1) is 0 Å². The first-order valence-electron chi connectivity index (χ1n) is 9.41. The zero-order valence-corrected chi connectivity index (χ0v) is 16.1. The highest BCUT2D eigenvalue weighted by Gasteiger charge is 2.26. The molecule has 6 nitrogen and oxygen atoms in total. The van der Waals surface area contributed by atoms with E-state index in [1.807, 2.05) is 24.3 Å². The number of piperazine rings is 1. The van der Waals surface area contributed by atoms with Gasteiger partial charge in [-0.1, -0.05) is 19.1 Å². The number of aryl methyl sites for hydroxylation is 2. The lowest BCUT2D eigenvalue weighted by Crippen LogP contribution is -2.50. The summed E-state index contributed by atoms with van der Waals surface area (Å²) in [5.41, 5.74) is 3.04. The summed E-state index contributed by atoms with van der Waals surface area (Å²) in [6, 6.07) is 12.3. The molecule has 0 radical (unpaired) electrons. The molecule has 2 aromatic carbocycles. The Balaban J connectivity index is 1.65. The van der Waals surface area contributed by atoms with Crippen molar-refractivity contribution >= 4 is 17.8 Å². The van der Waals surface area contributed by atoms with Crippen molar-refractivity contribution in [3.8, 4) is 0 Å². The lowest BCUT2D eigenvalue weighted by Gasteiger charge is -2.35. The van der Waals surface area contributed by atoms with Gasteiger partial charge in [0.2, 0.25) is 0 Å². The van der Waals surface area contributed by atoms with Crippen LogP contribution in [0.15, 0.2) is 42.5 Å². The normalized spacial score (nSPS) is 14.1. The maximum absolute atomic E-state index is 12.8. The standard InChI is InChI=1S/C22H24N2O4/c1-3-16-4-6-17(7-5-16)20(25)23-8-10-24(11-9-23)21(26)18-12-15(2)13-19(14-18)22(27)28/h4-7,12-14H,3,8-11H2,1-2H3,(H,27,28). The van der Waals surface area contributed by atoms with Gasteiger partial charge >= 0.3 is 5.97 Å². The number of carbonyl (C=O) groups is 3. The number of aromatic carboxylic acids is 1. The average Bonchev–Trinajstić information content (AvgIpc) is 2.72. The van der Waals surface area contributed by atoms with Crippen molar-refractivity contribution in [2.75, 3.05) is 26.2 Å². The molecule has 1 heterocycles. The van der Waals surface area contributed by atoms with Gasteiger partial charge < -0.3 is 14.9 Å². The number of hydrogen-bond donors (Lipinski definition) is 1. The van der Waals surface area contributed by atoms with Crippen LogP contribution in [-0.2, 0) is 6.42 Å². The topological polar surface area (TPSA) is 77.9 Å². The van der Waals surface area contributed by atoms with E-state index in [1.54, 1.807) is 28.9 Å². The van der Waals surface area contributed by atoms with Gasteiger partial charge in [-0.25, -0.2) is 4.79 Å². The summed E-state index contributed by atoms with van der Waals surface area (Å²) in [6.45, 7) is 5.60. The van der Waals surface area contributed by atoms with Gasteiger partial charge in [-0.3, -0.25) is 9.59 Å². The second kappa shape index (κ2) is 8.25. The van der Waals surface area contributed by atoms with Gasteiger partial charge in [0.1, 0.15) is 0 Å². The zero-order valence-electron chi connectivity index (χ0n) is 16.1. The lowest BCUT2D eigenvalue weighted by atomic mass is 10.0. The van der Waals surface area contributed by atoms with Gasteiger partial charge in [0, 0.05) is 37.3 Å². The van der Waals surface area contributed by atoms with Crippen LogP contribution in [0.5, 0.6) is 0 Å². The van der Waals surface area contributed by atoms with Crippen molar-refractivity contribution < 1.29 is 19.5 Å². The van der Waals surface area contributed by atoms with Crippen LogP contribution in [0, 0.1) is 6.92 Å². The first kappa shape index (κ1) is 19.6. The number of nitrogens with zero attached hydrogens (tertiary/aromatic N) is 2. The van der Waals surface area contributed by atoms with Gasteiger partial charge in [0.15, 0.2) is 0 Å². The maximum atomic E-state index is 12.8. The molecule has 2 aromatic rings. The number of amides is 2. The van der Waals surface area contributed by atoms with Crippen LogP contribution in [-0.4, -0.2) is 58.9 Å². The van der Waals surface area contributed by atoms with Crippen LogP contribution < -0.4 is 0 Å². The van der Waals surface area contributed by atoms with Crippen LogP contribution in [0.1, 0.15) is 49.1 Å². The number of benzene rings is 2. The van der Waals surface area contributed by atoms with E-state index in [9.17, 15) is 19.5 Å². The molecule has 1 saturated heterocycles. The Morgan fingerprint density at radius 1 is 0.821 bits per heavy atom. The molecule has 3 rings (SSSR count). The molecular formula is C22H24N2O4. The van der Waals surface area contributed by atoms with Crippen molar-refractivity contribution in [2.45, 2.75) is 20.3 Å². The minimum atomic E-state index is -1.05. The molecule has 0 saturated carbocycles. The molecule has 0 spiro atoms. The predicted molar refractivity (Wildman–Crippen MR) is 106 cm³/mol. The average molecular weight is 380 g/mol. The molecule has 28 heavy (non-hydrogen) atoms. The minimum Gasteiger partial charge on any atom is -0.478 e. The molecule has 1 aliphatic rings. The fourth-order valence-electron chi connectivity index (χ4n) is 3.39. The summed E-state index contributed by atoms with van der Waals surface area (Å²) >= 11 is 0. The van der Waals surface area contributed by atoms with Crippen molar-refractivity contribution in [1.82, 2.24) is 9.80 Å². The molecule has 146 valence electrons. The third-order valence-corrected chi connectivity index (χ3v) is 5.03. The highest BCUT2D eigenvalue weighted by molar-refractivity contribution is 5.98. The zero-order chi connectivity index (χ0) is 20.3. The molecule has 0 atom stereocenters. The maximum Gasteiger partial charge on any atom is 0.335 e. The molecule has 1 aliphatic heterocycles. The van der Waals surface area contributed by atoms with Gasteiger partial charge in [0.25, 0.3) is 11.8 Å². The molecule has 0 aromatic heterocycles. The first-order valence-corrected chi connectivity index (χ1v) is 9.41. The van der Waals surface area contributed by atoms with Crippen LogP contribution >= 0.6 is 0 Å². The molecule has 0 unspecified atom stereocenters. The fraction of sp³-hybridized carbons (Fsp3) is 0.318. The monoisotopic (exact) mass is 380 g/mol. The molecular weight excluding hydrogens is 356 g/mol. The summed E-state index contributed by atoms with van der Waals surface area (Å²) in [7, 11) is 0. The quantitative estimate of drug-likeness (QED) is 0.885. The lowest BCUT2D eigenvalue weighted by molar-refractivity contribution is 0.0535. The number of carbonyl (C=O) groups excluding carboxylic acids is 2. The largest absolute Gasteiger partial charge is 0.478 e. The second-order valence-corrected chi connectivity index (χ2v) is 7.03. The van der Waals surface area contributed by atoms with Crippen LogP contribution in [0.25, 0.3) is 0 Å². The third-order valence-electron chi connectivity index (χ3n) is 5.03. The van der Waals surface area contributed by atoms with Crippen LogP contribution in [0.2, 0.25) is 0 Å². The Labute approximate surface area is 164 Å². The Kier molecular flexibility index (Phi) is 5.78. The Bertz CT molecular complexity index is 897. The summed E-state index contributed by atoms with van der Waals surface area (Å²) in [5.74, 6) is -1.29. The van der Waals surface area contributed by atoms with E-state index in [0.717, 1.165) is 12.0 Å². The van der Waals surface area contributed by atoms with E-state index in [1.165, 1.54) is 11.6 Å². The highest BCUT2D eigenvalue weighted by atomic mass is 16.4. The van der Waals surface area contributed by atoms with Crippen LogP contribution in [0.3, 0.4) is 0 Å². The van der Waals surface area contributed by atoms with E-state index in [4.69, 9.17) is 0 Å². The van der Waals surface area contributed by atoms with E-state index in [-0.39, 0.29) is 17.4 Å². The molecule has 2 amide bonds. The predicted octanol–water partition coefficient (Wildman–Crippen LogP) is 2.85. The Hall–Kier alpha value is -3.15. The molecule has 1 N–H and O–H groups in total. The number of carboxylic acid groups (broad SMARTS) is 1. The Morgan fingerprint density at radius 2 is 1.32 bits per heavy atom. The van der Waals surface area contributed by atoms with E-state index in [0.29, 0.717) is 37.3 Å². The molecule has 6 heteroatoms. The SMILES string of the molecule is CCc1ccc(C(=O)N2CCN(C(=O)c3cc(C)cc(C(=O)O)c3)CC2)cc1.